The second-order valence-corrected chi connectivity index (χ2v) is 8.38. The molecule has 0 amide bonds. The first-order chi connectivity index (χ1) is 14.6. The van der Waals surface area contributed by atoms with Crippen LogP contribution in [0, 0.1) is 0 Å². The number of benzene rings is 2. The second kappa shape index (κ2) is 7.47. The van der Waals surface area contributed by atoms with Gasteiger partial charge >= 0.3 is 5.56 Å². The summed E-state index contributed by atoms with van der Waals surface area (Å²) in [5.41, 5.74) is 0.874. The van der Waals surface area contributed by atoms with Gasteiger partial charge in [0.05, 0.1) is 0 Å². The molecule has 0 unspecified atom stereocenters. The van der Waals surface area contributed by atoms with Crippen LogP contribution in [0.3, 0.4) is 0 Å². The van der Waals surface area contributed by atoms with Gasteiger partial charge in [-0.05, 0) is 24.3 Å². The quantitative estimate of drug-likeness (QED) is 0.395. The number of furan rings is 1. The smallest absolute Gasteiger partial charge is 0.300 e. The van der Waals surface area contributed by atoms with Crippen LogP contribution in [0.1, 0.15) is 5.76 Å². The third-order valence-electron chi connectivity index (χ3n) is 4.46. The molecule has 0 aliphatic rings. The highest BCUT2D eigenvalue weighted by Crippen LogP contribution is 2.24. The van der Waals surface area contributed by atoms with Crippen molar-refractivity contribution in [1.29, 1.82) is 0 Å². The topological polar surface area (TPSA) is 77.5 Å². The Labute approximate surface area is 181 Å². The van der Waals surface area contributed by atoms with Crippen LogP contribution in [0.25, 0.3) is 33.6 Å². The highest BCUT2D eigenvalue weighted by atomic mass is 79.9. The first kappa shape index (κ1) is 18.7. The summed E-state index contributed by atoms with van der Waals surface area (Å²) in [5.74, 6) is 1.22. The number of thiazole rings is 1. The molecule has 5 rings (SSSR count). The molecule has 0 aliphatic heterocycles. The monoisotopic (exact) mass is 477 g/mol. The number of halogens is 1. The Morgan fingerprint density at radius 3 is 2.47 bits per heavy atom. The fraction of sp³-hybridized carbons (Fsp3) is 0. The fourth-order valence-electron chi connectivity index (χ4n) is 3.01. The molecule has 3 aromatic heterocycles. The molecule has 8 heteroatoms. The van der Waals surface area contributed by atoms with Crippen LogP contribution >= 0.6 is 27.3 Å². The molecule has 0 aliphatic carbocycles. The minimum absolute atomic E-state index is 0.144. The van der Waals surface area contributed by atoms with Gasteiger partial charge < -0.3 is 4.42 Å². The molecule has 0 spiro atoms. The Kier molecular flexibility index (Phi) is 4.65. The Morgan fingerprint density at radius 2 is 1.70 bits per heavy atom. The molecule has 0 radical (unpaired) electrons. The lowest BCUT2D eigenvalue weighted by Gasteiger charge is -1.98. The van der Waals surface area contributed by atoms with Crippen LogP contribution in [-0.4, -0.2) is 14.6 Å². The van der Waals surface area contributed by atoms with Crippen molar-refractivity contribution in [2.24, 2.45) is 0 Å². The van der Waals surface area contributed by atoms with Gasteiger partial charge in [-0.3, -0.25) is 9.59 Å². The molecule has 0 fully saturated rings. The lowest BCUT2D eigenvalue weighted by molar-refractivity contribution is 0.571. The molecular weight excluding hydrogens is 466 g/mol. The van der Waals surface area contributed by atoms with Crippen molar-refractivity contribution in [2.45, 2.75) is 0 Å². The average molecular weight is 478 g/mol. The summed E-state index contributed by atoms with van der Waals surface area (Å²) in [6, 6.07) is 20.3. The minimum Gasteiger partial charge on any atom is -0.457 e. The molecule has 3 heterocycles. The number of nitrogens with zero attached hydrogens (tertiary/aromatic N) is 3. The largest absolute Gasteiger partial charge is 0.457 e. The number of hydrogen-bond acceptors (Lipinski definition) is 6. The molecule has 146 valence electrons. The Hall–Kier alpha value is -3.36. The van der Waals surface area contributed by atoms with E-state index in [0.29, 0.717) is 21.6 Å². The van der Waals surface area contributed by atoms with E-state index in [2.05, 4.69) is 26.0 Å². The van der Waals surface area contributed by atoms with Gasteiger partial charge in [0.15, 0.2) is 5.69 Å². The van der Waals surface area contributed by atoms with Crippen molar-refractivity contribution in [1.82, 2.24) is 14.6 Å². The minimum atomic E-state index is -0.468. The van der Waals surface area contributed by atoms with Gasteiger partial charge in [0.25, 0.3) is 5.56 Å². The summed E-state index contributed by atoms with van der Waals surface area (Å²) in [6.07, 6.45) is 1.64. The zero-order chi connectivity index (χ0) is 20.7. The SMILES string of the molecule is O=c1nc2s/c(=C\c3ccc(-c4ccc(Br)cc4)o3)c(=O)n2nc1-c1ccccc1. The van der Waals surface area contributed by atoms with E-state index >= 15 is 0 Å². The number of hydrogen-bond donors (Lipinski definition) is 0. The standard InChI is InChI=1S/C22H12BrN3O3S/c23-15-8-6-13(7-9-15)17-11-10-16(29-17)12-18-21(28)26-22(30-18)24-20(27)19(25-26)14-4-2-1-3-5-14/h1-12H/b18-12-. The molecule has 0 saturated carbocycles. The number of aromatic nitrogens is 3. The fourth-order valence-corrected chi connectivity index (χ4v) is 4.16. The first-order valence-corrected chi connectivity index (χ1v) is 10.6. The van der Waals surface area contributed by atoms with Gasteiger partial charge in [0.2, 0.25) is 4.96 Å². The van der Waals surface area contributed by atoms with Crippen molar-refractivity contribution in [3.63, 3.8) is 0 Å². The van der Waals surface area contributed by atoms with Crippen LogP contribution in [0.2, 0.25) is 0 Å². The van der Waals surface area contributed by atoms with Crippen molar-refractivity contribution in [3.8, 4) is 22.6 Å². The van der Waals surface area contributed by atoms with E-state index in [4.69, 9.17) is 4.42 Å². The molecule has 6 nitrogen and oxygen atoms in total. The van der Waals surface area contributed by atoms with Gasteiger partial charge in [-0.15, -0.1) is 0 Å². The van der Waals surface area contributed by atoms with Crippen molar-refractivity contribution in [2.75, 3.05) is 0 Å². The lowest BCUT2D eigenvalue weighted by atomic mass is 10.2. The first-order valence-electron chi connectivity index (χ1n) is 8.95. The highest BCUT2D eigenvalue weighted by molar-refractivity contribution is 9.10. The Morgan fingerprint density at radius 1 is 0.933 bits per heavy atom. The Bertz CT molecular complexity index is 1540. The summed E-state index contributed by atoms with van der Waals surface area (Å²) in [4.78, 5) is 29.5. The maximum Gasteiger partial charge on any atom is 0.300 e. The summed E-state index contributed by atoms with van der Waals surface area (Å²) >= 11 is 4.51. The van der Waals surface area contributed by atoms with Crippen LogP contribution in [-0.2, 0) is 0 Å². The summed E-state index contributed by atoms with van der Waals surface area (Å²) in [6.45, 7) is 0. The van der Waals surface area contributed by atoms with E-state index in [1.807, 2.05) is 36.4 Å². The molecule has 2 aromatic carbocycles. The van der Waals surface area contributed by atoms with E-state index in [0.717, 1.165) is 21.4 Å². The molecule has 5 aromatic rings. The van der Waals surface area contributed by atoms with Crippen LogP contribution in [0.4, 0.5) is 0 Å². The van der Waals surface area contributed by atoms with Crippen molar-refractivity contribution >= 4 is 38.3 Å². The number of rotatable bonds is 3. The van der Waals surface area contributed by atoms with E-state index in [1.54, 1.807) is 36.4 Å². The maximum atomic E-state index is 12.8. The van der Waals surface area contributed by atoms with E-state index in [-0.39, 0.29) is 16.2 Å². The summed E-state index contributed by atoms with van der Waals surface area (Å²) in [7, 11) is 0. The molecule has 0 saturated heterocycles. The third kappa shape index (κ3) is 3.40. The van der Waals surface area contributed by atoms with Gasteiger partial charge in [-0.25, -0.2) is 0 Å². The van der Waals surface area contributed by atoms with Crippen molar-refractivity contribution < 1.29 is 4.42 Å². The Balaban J connectivity index is 1.59. The van der Waals surface area contributed by atoms with Crippen LogP contribution in [0.5, 0.6) is 0 Å². The average Bonchev–Trinajstić information content (AvgIpc) is 3.34. The molecule has 30 heavy (non-hydrogen) atoms. The van der Waals surface area contributed by atoms with E-state index < -0.39 is 5.56 Å². The van der Waals surface area contributed by atoms with Gasteiger partial charge in [-0.2, -0.15) is 14.6 Å². The van der Waals surface area contributed by atoms with Crippen molar-refractivity contribution in [3.05, 3.63) is 102 Å². The highest BCUT2D eigenvalue weighted by Gasteiger charge is 2.13. The molecular formula is C22H12BrN3O3S. The predicted octanol–water partition coefficient (Wildman–Crippen LogP) is 3.75. The van der Waals surface area contributed by atoms with Crippen LogP contribution < -0.4 is 15.7 Å². The van der Waals surface area contributed by atoms with E-state index in [1.165, 1.54) is 4.52 Å². The summed E-state index contributed by atoms with van der Waals surface area (Å²) in [5, 5.41) is 4.25. The van der Waals surface area contributed by atoms with Gasteiger partial charge in [0, 0.05) is 21.7 Å². The van der Waals surface area contributed by atoms with E-state index in [9.17, 15) is 9.59 Å². The normalized spacial score (nSPS) is 12.0. The lowest BCUT2D eigenvalue weighted by Crippen LogP contribution is -2.26. The zero-order valence-electron chi connectivity index (χ0n) is 15.3. The van der Waals surface area contributed by atoms with Crippen LogP contribution in [0.15, 0.2) is 85.2 Å². The zero-order valence-corrected chi connectivity index (χ0v) is 17.7. The molecule has 0 bridgehead atoms. The molecule has 0 N–H and O–H groups in total. The van der Waals surface area contributed by atoms with Gasteiger partial charge in [-0.1, -0.05) is 69.7 Å². The van der Waals surface area contributed by atoms with Gasteiger partial charge in [0.1, 0.15) is 16.1 Å². The maximum absolute atomic E-state index is 12.8. The summed E-state index contributed by atoms with van der Waals surface area (Å²) < 4.78 is 8.40. The second-order valence-electron chi connectivity index (χ2n) is 6.45. The third-order valence-corrected chi connectivity index (χ3v) is 5.95. The molecule has 0 atom stereocenters. The predicted molar refractivity (Wildman–Crippen MR) is 119 cm³/mol. The number of fused-ring (bicyclic) bond motifs is 1.